The number of carbonyl (C=O) groups excluding carboxylic acids is 7. The molecule has 314 valence electrons. The van der Waals surface area contributed by atoms with Gasteiger partial charge in [0.2, 0.25) is 0 Å². The van der Waals surface area contributed by atoms with E-state index < -0.39 is 61.8 Å². The van der Waals surface area contributed by atoms with Crippen LogP contribution in [0, 0.1) is 5.92 Å². The number of carbonyl (C=O) groups is 8. The average molecular weight is 892 g/mol. The summed E-state index contributed by atoms with van der Waals surface area (Å²) in [5.74, 6) is -6.07. The third-order valence-corrected chi connectivity index (χ3v) is 12.3. The monoisotopic (exact) mass is 891 g/mol. The van der Waals surface area contributed by atoms with E-state index in [-0.39, 0.29) is 61.0 Å². The van der Waals surface area contributed by atoms with Crippen molar-refractivity contribution in [1.29, 1.82) is 0 Å². The molecule has 0 saturated carbocycles. The summed E-state index contributed by atoms with van der Waals surface area (Å²) in [6.07, 6.45) is 1.64. The number of nitrogens with zero attached hydrogens (tertiary/aromatic N) is 1. The zero-order valence-electron chi connectivity index (χ0n) is 32.1. The molecule has 0 fully saturated rings. The predicted molar refractivity (Wildman–Crippen MR) is 202 cm³/mol. The molecule has 0 spiro atoms. The van der Waals surface area contributed by atoms with E-state index in [0.717, 1.165) is 19.6 Å². The van der Waals surface area contributed by atoms with Crippen LogP contribution in [0.3, 0.4) is 0 Å². The second-order valence-electron chi connectivity index (χ2n) is 11.9. The van der Waals surface area contributed by atoms with E-state index in [1.54, 1.807) is 12.1 Å². The van der Waals surface area contributed by atoms with Crippen molar-refractivity contribution in [1.82, 2.24) is 0 Å². The number of benzene rings is 3. The summed E-state index contributed by atoms with van der Waals surface area (Å²) in [6.45, 7) is 3.97. The Morgan fingerprint density at radius 1 is 0.828 bits per heavy atom. The van der Waals surface area contributed by atoms with Crippen LogP contribution >= 0.6 is 0 Å². The van der Waals surface area contributed by atoms with Crippen molar-refractivity contribution in [2.24, 2.45) is 11.0 Å². The molecule has 0 saturated heterocycles. The Morgan fingerprint density at radius 3 is 2.09 bits per heavy atom. The van der Waals surface area contributed by atoms with E-state index in [1.807, 2.05) is 37.3 Å². The molecule has 0 radical (unpaired) electrons. The fourth-order valence-electron chi connectivity index (χ4n) is 4.95. The van der Waals surface area contributed by atoms with Crippen molar-refractivity contribution in [3.8, 4) is 5.75 Å². The molecule has 16 nitrogen and oxygen atoms in total. The summed E-state index contributed by atoms with van der Waals surface area (Å²) in [5, 5.41) is 16.5. The van der Waals surface area contributed by atoms with Crippen molar-refractivity contribution < 1.29 is 91.8 Å². The van der Waals surface area contributed by atoms with Crippen molar-refractivity contribution in [2.45, 2.75) is 46.6 Å². The molecule has 3 aromatic rings. The van der Waals surface area contributed by atoms with E-state index >= 15 is 0 Å². The number of hydrazone groups is 1. The standard InChI is InChI=1S/C27H28N3O10.C9H11.C4H4O3.2Co/c1-16(11-12-31)25(34)40-14-13-39-22-8-6-5-7-20(22)28-24(33)23(17(2)32)30-29-21-15-18(26(35)37-3)9-10-19(21)27(36)38-4;1-2-6-9-7-4-3-5-8-9;5-3-1-2-4(6)7;;/h5-12,15-16,29H,13-14H2,1-4H3,(H,28,33);3-8H,2H2,1H3;1-3H,(H,6,7);;/b30-23-;;;;. The number of ketones is 1. The Bertz CT molecular complexity index is 1990. The third-order valence-electron chi connectivity index (χ3n) is 7.95. The van der Waals surface area contributed by atoms with Crippen LogP contribution in [0.5, 0.6) is 5.75 Å². The SMILES string of the molecule is CC[CH]([Co][CH](C(=O)O)[CH](C=O)[Co][CH](C=O)C(C)C(=O)OCCOc1ccccc1NC(=O)/C(=N\Nc1cc(C(=O)OC)ccc1C(=O)OC)C(C)=O)c1ccccc1. The number of carboxylic acids is 1. The van der Waals surface area contributed by atoms with Gasteiger partial charge in [-0.15, -0.1) is 0 Å². The normalized spacial score (nSPS) is 13.8. The van der Waals surface area contributed by atoms with Crippen LogP contribution in [0.1, 0.15) is 58.3 Å². The Labute approximate surface area is 346 Å². The van der Waals surface area contributed by atoms with Crippen LogP contribution < -0.4 is 15.5 Å². The second-order valence-corrected chi connectivity index (χ2v) is 15.4. The number of para-hydroxylation sites is 2. The molecule has 58 heavy (non-hydrogen) atoms. The molecule has 0 aliphatic carbocycles. The quantitative estimate of drug-likeness (QED) is 0.0217. The third kappa shape index (κ3) is 13.2. The number of aliphatic carboxylic acids is 1. The molecule has 0 heterocycles. The molecule has 5 unspecified atom stereocenters. The number of amides is 1. The van der Waals surface area contributed by atoms with E-state index in [2.05, 4.69) is 15.8 Å². The fraction of sp³-hybridized carbons (Fsp3) is 0.325. The first-order valence-corrected chi connectivity index (χ1v) is 19.9. The first kappa shape index (κ1) is 46.7. The van der Waals surface area contributed by atoms with Crippen LogP contribution in [-0.2, 0) is 72.4 Å². The predicted octanol–water partition coefficient (Wildman–Crippen LogP) is 4.98. The molecule has 0 aliphatic rings. The number of rotatable bonds is 23. The number of ether oxygens (including phenoxy) is 4. The number of Topliss-reactive ketones (excluding diaryl/α,β-unsaturated/α-hetero) is 1. The van der Waals surface area contributed by atoms with Gasteiger partial charge in [-0.05, 0) is 18.2 Å². The van der Waals surface area contributed by atoms with Crippen molar-refractivity contribution in [3.63, 3.8) is 0 Å². The number of carboxylic acid groups (broad SMARTS) is 1. The Kier molecular flexibility index (Phi) is 18.9. The topological polar surface area (TPSA) is 230 Å². The van der Waals surface area contributed by atoms with Gasteiger partial charge in [-0.1, -0.05) is 0 Å². The van der Waals surface area contributed by atoms with Crippen LogP contribution in [0.2, 0.25) is 14.6 Å². The van der Waals surface area contributed by atoms with Crippen molar-refractivity contribution in [2.75, 3.05) is 38.2 Å². The number of aldehydes is 2. The minimum absolute atomic E-state index is 0.0476. The molecule has 3 aromatic carbocycles. The number of anilines is 2. The molecule has 3 N–H and O–H groups in total. The van der Waals surface area contributed by atoms with Gasteiger partial charge < -0.3 is 9.47 Å². The number of esters is 3. The van der Waals surface area contributed by atoms with Crippen molar-refractivity contribution >= 4 is 65.2 Å². The first-order chi connectivity index (χ1) is 27.8. The zero-order chi connectivity index (χ0) is 42.8. The van der Waals surface area contributed by atoms with E-state index in [1.165, 1.54) is 44.4 Å². The molecule has 1 amide bonds. The maximum absolute atomic E-state index is 13.2. The molecule has 0 aliphatic heterocycles. The van der Waals surface area contributed by atoms with Gasteiger partial charge >= 0.3 is 252 Å². The zero-order valence-corrected chi connectivity index (χ0v) is 34.1. The number of methoxy groups -OCH3 is 2. The Morgan fingerprint density at radius 2 is 1.48 bits per heavy atom. The summed E-state index contributed by atoms with van der Waals surface area (Å²) < 4.78 is 20.6. The summed E-state index contributed by atoms with van der Waals surface area (Å²) in [5.41, 5.74) is 2.86. The van der Waals surface area contributed by atoms with E-state index in [4.69, 9.17) is 18.9 Å². The van der Waals surface area contributed by atoms with Gasteiger partial charge in [-0.25, -0.2) is 9.59 Å². The van der Waals surface area contributed by atoms with Gasteiger partial charge in [0.05, 0.1) is 31.0 Å². The van der Waals surface area contributed by atoms with Crippen LogP contribution in [0.4, 0.5) is 11.4 Å². The average Bonchev–Trinajstić information content (AvgIpc) is 3.23. The molecule has 0 aromatic heterocycles. The summed E-state index contributed by atoms with van der Waals surface area (Å²) in [4.78, 5) is 96.3. The molecule has 5 atom stereocenters. The Balaban J connectivity index is 1.64. The van der Waals surface area contributed by atoms with Gasteiger partial charge in [0.15, 0.2) is 5.78 Å². The number of hydrogen-bond acceptors (Lipinski definition) is 14. The van der Waals surface area contributed by atoms with Gasteiger partial charge in [-0.3, -0.25) is 10.2 Å². The first-order valence-electron chi connectivity index (χ1n) is 17.5. The number of hydrogen-bond donors (Lipinski definition) is 3. The van der Waals surface area contributed by atoms with Crippen LogP contribution in [0.15, 0.2) is 77.9 Å². The second kappa shape index (κ2) is 23.5. The van der Waals surface area contributed by atoms with E-state index in [0.29, 0.717) is 33.7 Å². The van der Waals surface area contributed by atoms with Gasteiger partial charge in [-0.2, -0.15) is 5.10 Å². The molecule has 0 bridgehead atoms. The van der Waals surface area contributed by atoms with Gasteiger partial charge in [0.1, 0.15) is 0 Å². The van der Waals surface area contributed by atoms with Gasteiger partial charge in [0, 0.05) is 6.92 Å². The van der Waals surface area contributed by atoms with Crippen molar-refractivity contribution in [3.05, 3.63) is 89.5 Å². The maximum atomic E-state index is 13.2. The van der Waals surface area contributed by atoms with Crippen LogP contribution in [-0.4, -0.2) is 86.4 Å². The van der Waals surface area contributed by atoms with Crippen LogP contribution in [0.25, 0.3) is 0 Å². The Hall–Kier alpha value is -5.70. The molecular formula is C40H43Co2N3O13. The summed E-state index contributed by atoms with van der Waals surface area (Å²) in [6, 6.07) is 19.3. The van der Waals surface area contributed by atoms with Gasteiger partial charge in [0.25, 0.3) is 0 Å². The molecule has 18 heteroatoms. The van der Waals surface area contributed by atoms with E-state index in [9.17, 15) is 43.5 Å². The fourth-order valence-corrected chi connectivity index (χ4v) is 8.39. The molecular weight excluding hydrogens is 848 g/mol. The summed E-state index contributed by atoms with van der Waals surface area (Å²) >= 11 is 0.711. The molecule has 3 rings (SSSR count). The summed E-state index contributed by atoms with van der Waals surface area (Å²) in [7, 11) is 2.32. The number of nitrogens with one attached hydrogen (secondary N) is 2. The minimum atomic E-state index is -1.19.